The Morgan fingerprint density at radius 2 is 2.29 bits per heavy atom. The Labute approximate surface area is 86.5 Å². The summed E-state index contributed by atoms with van der Waals surface area (Å²) in [6.45, 7) is 6.56. The zero-order chi connectivity index (χ0) is 10.4. The zero-order valence-corrected chi connectivity index (χ0v) is 9.45. The Bertz CT molecular complexity index is 253. The number of aromatic nitrogens is 2. The third kappa shape index (κ3) is 3.92. The molecule has 0 amide bonds. The lowest BCUT2D eigenvalue weighted by atomic mass is 10.1. The number of imidazole rings is 1. The monoisotopic (exact) mass is 195 g/mol. The van der Waals surface area contributed by atoms with E-state index in [9.17, 15) is 0 Å². The van der Waals surface area contributed by atoms with Crippen LogP contribution in [-0.2, 0) is 13.6 Å². The summed E-state index contributed by atoms with van der Waals surface area (Å²) in [6.07, 6.45) is 6.31. The largest absolute Gasteiger partial charge is 0.337 e. The average molecular weight is 195 g/mol. The Morgan fingerprint density at radius 1 is 1.50 bits per heavy atom. The summed E-state index contributed by atoms with van der Waals surface area (Å²) in [5.74, 6) is 0.813. The fourth-order valence-corrected chi connectivity index (χ4v) is 1.41. The third-order valence-corrected chi connectivity index (χ3v) is 2.36. The predicted octanol–water partition coefficient (Wildman–Crippen LogP) is 1.95. The van der Waals surface area contributed by atoms with Crippen molar-refractivity contribution in [1.82, 2.24) is 14.9 Å². The molecule has 1 aromatic rings. The first kappa shape index (κ1) is 11.2. The third-order valence-electron chi connectivity index (χ3n) is 2.36. The van der Waals surface area contributed by atoms with E-state index in [0.29, 0.717) is 0 Å². The number of hydrogen-bond acceptors (Lipinski definition) is 2. The molecule has 0 aromatic carbocycles. The molecule has 0 fully saturated rings. The molecule has 1 N–H and O–H groups in total. The molecule has 1 rings (SSSR count). The summed E-state index contributed by atoms with van der Waals surface area (Å²) >= 11 is 0. The number of rotatable bonds is 6. The van der Waals surface area contributed by atoms with Crippen LogP contribution in [0.3, 0.4) is 0 Å². The molecule has 0 aliphatic heterocycles. The van der Waals surface area contributed by atoms with Gasteiger partial charge in [0.15, 0.2) is 0 Å². The normalized spacial score (nSPS) is 11.1. The van der Waals surface area contributed by atoms with Gasteiger partial charge >= 0.3 is 0 Å². The van der Waals surface area contributed by atoms with E-state index in [1.807, 2.05) is 19.6 Å². The minimum Gasteiger partial charge on any atom is -0.337 e. The molecular weight excluding hydrogens is 174 g/mol. The van der Waals surface area contributed by atoms with Gasteiger partial charge in [-0.25, -0.2) is 4.98 Å². The van der Waals surface area contributed by atoms with Crippen molar-refractivity contribution in [2.45, 2.75) is 33.2 Å². The van der Waals surface area contributed by atoms with Crippen molar-refractivity contribution >= 4 is 0 Å². The molecule has 1 aromatic heterocycles. The minimum absolute atomic E-state index is 0.813. The highest BCUT2D eigenvalue weighted by Gasteiger charge is 1.97. The van der Waals surface area contributed by atoms with Crippen LogP contribution in [0.25, 0.3) is 0 Å². The molecule has 3 nitrogen and oxygen atoms in total. The lowest BCUT2D eigenvalue weighted by Gasteiger charge is -2.06. The van der Waals surface area contributed by atoms with Crippen LogP contribution in [0.5, 0.6) is 0 Å². The topological polar surface area (TPSA) is 29.9 Å². The highest BCUT2D eigenvalue weighted by molar-refractivity contribution is 4.96. The molecular formula is C11H21N3. The van der Waals surface area contributed by atoms with Crippen molar-refractivity contribution in [2.24, 2.45) is 13.0 Å². The van der Waals surface area contributed by atoms with E-state index in [2.05, 4.69) is 28.7 Å². The molecule has 0 unspecified atom stereocenters. The number of aryl methyl sites for hydroxylation is 1. The lowest BCUT2D eigenvalue weighted by molar-refractivity contribution is 0.523. The van der Waals surface area contributed by atoms with Crippen molar-refractivity contribution in [3.05, 3.63) is 18.2 Å². The Balaban J connectivity index is 2.08. The summed E-state index contributed by atoms with van der Waals surface area (Å²) in [7, 11) is 2.03. The quantitative estimate of drug-likeness (QED) is 0.703. The van der Waals surface area contributed by atoms with Gasteiger partial charge in [-0.2, -0.15) is 0 Å². The maximum absolute atomic E-state index is 4.07. The Kier molecular flexibility index (Phi) is 4.66. The van der Waals surface area contributed by atoms with Gasteiger partial charge < -0.3 is 9.88 Å². The van der Waals surface area contributed by atoms with Crippen LogP contribution in [0.4, 0.5) is 0 Å². The van der Waals surface area contributed by atoms with Gasteiger partial charge in [-0.1, -0.05) is 13.8 Å². The van der Waals surface area contributed by atoms with Gasteiger partial charge in [-0.3, -0.25) is 0 Å². The van der Waals surface area contributed by atoms with Crippen LogP contribution in [0.15, 0.2) is 12.5 Å². The Morgan fingerprint density at radius 3 is 2.86 bits per heavy atom. The smallest absolute Gasteiger partial charge is 0.0945 e. The second kappa shape index (κ2) is 5.81. The van der Waals surface area contributed by atoms with Gasteiger partial charge in [0, 0.05) is 19.8 Å². The summed E-state index contributed by atoms with van der Waals surface area (Å²) in [5, 5.41) is 3.42. The lowest BCUT2D eigenvalue weighted by Crippen LogP contribution is -2.16. The first-order valence-corrected chi connectivity index (χ1v) is 5.36. The van der Waals surface area contributed by atoms with E-state index < -0.39 is 0 Å². The molecule has 0 saturated heterocycles. The van der Waals surface area contributed by atoms with Gasteiger partial charge in [-0.05, 0) is 25.3 Å². The molecule has 14 heavy (non-hydrogen) atoms. The van der Waals surface area contributed by atoms with E-state index in [1.54, 1.807) is 0 Å². The molecule has 0 aliphatic rings. The second-order valence-electron chi connectivity index (χ2n) is 4.21. The van der Waals surface area contributed by atoms with Crippen molar-refractivity contribution in [3.8, 4) is 0 Å². The highest BCUT2D eigenvalue weighted by Crippen LogP contribution is 2.02. The molecule has 3 heteroatoms. The van der Waals surface area contributed by atoms with Crippen molar-refractivity contribution in [2.75, 3.05) is 6.54 Å². The summed E-state index contributed by atoms with van der Waals surface area (Å²) < 4.78 is 2.05. The van der Waals surface area contributed by atoms with Crippen LogP contribution in [0, 0.1) is 5.92 Å². The van der Waals surface area contributed by atoms with Gasteiger partial charge in [0.25, 0.3) is 0 Å². The van der Waals surface area contributed by atoms with Crippen LogP contribution in [0.1, 0.15) is 32.4 Å². The zero-order valence-electron chi connectivity index (χ0n) is 9.45. The second-order valence-corrected chi connectivity index (χ2v) is 4.21. The SMILES string of the molecule is CC(C)CCCNCc1cncn1C. The van der Waals surface area contributed by atoms with Crippen LogP contribution in [-0.4, -0.2) is 16.1 Å². The molecule has 0 aliphatic carbocycles. The molecule has 0 radical (unpaired) electrons. The first-order valence-electron chi connectivity index (χ1n) is 5.36. The number of nitrogens with zero attached hydrogens (tertiary/aromatic N) is 2. The summed E-state index contributed by atoms with van der Waals surface area (Å²) in [6, 6.07) is 0. The number of nitrogens with one attached hydrogen (secondary N) is 1. The highest BCUT2D eigenvalue weighted by atomic mass is 15.0. The van der Waals surface area contributed by atoms with E-state index in [1.165, 1.54) is 18.5 Å². The van der Waals surface area contributed by atoms with Gasteiger partial charge in [0.1, 0.15) is 0 Å². The molecule has 0 bridgehead atoms. The standard InChI is InChI=1S/C11H21N3/c1-10(2)5-4-6-12-7-11-8-13-9-14(11)3/h8-10,12H,4-7H2,1-3H3. The maximum atomic E-state index is 4.07. The van der Waals surface area contributed by atoms with Gasteiger partial charge in [0.05, 0.1) is 12.0 Å². The molecule has 80 valence electrons. The minimum atomic E-state index is 0.813. The Hall–Kier alpha value is -0.830. The molecule has 0 atom stereocenters. The summed E-state index contributed by atoms with van der Waals surface area (Å²) in [5.41, 5.74) is 1.24. The predicted molar refractivity (Wildman–Crippen MR) is 59.0 cm³/mol. The van der Waals surface area contributed by atoms with E-state index in [-0.39, 0.29) is 0 Å². The molecule has 0 saturated carbocycles. The van der Waals surface area contributed by atoms with Crippen LogP contribution >= 0.6 is 0 Å². The van der Waals surface area contributed by atoms with Crippen molar-refractivity contribution < 1.29 is 0 Å². The van der Waals surface area contributed by atoms with E-state index in [0.717, 1.165) is 19.0 Å². The number of hydrogen-bond donors (Lipinski definition) is 1. The van der Waals surface area contributed by atoms with E-state index in [4.69, 9.17) is 0 Å². The van der Waals surface area contributed by atoms with Gasteiger partial charge in [0.2, 0.25) is 0 Å². The fourth-order valence-electron chi connectivity index (χ4n) is 1.41. The van der Waals surface area contributed by atoms with Crippen molar-refractivity contribution in [3.63, 3.8) is 0 Å². The molecule has 0 spiro atoms. The summed E-state index contributed by atoms with van der Waals surface area (Å²) in [4.78, 5) is 4.07. The van der Waals surface area contributed by atoms with Crippen LogP contribution < -0.4 is 5.32 Å². The fraction of sp³-hybridized carbons (Fsp3) is 0.727. The van der Waals surface area contributed by atoms with Gasteiger partial charge in [-0.15, -0.1) is 0 Å². The first-order chi connectivity index (χ1) is 6.70. The average Bonchev–Trinajstić information content (AvgIpc) is 2.51. The van der Waals surface area contributed by atoms with Crippen LogP contribution in [0.2, 0.25) is 0 Å². The maximum Gasteiger partial charge on any atom is 0.0945 e. The van der Waals surface area contributed by atoms with Crippen molar-refractivity contribution in [1.29, 1.82) is 0 Å². The molecule has 1 heterocycles. The van der Waals surface area contributed by atoms with E-state index >= 15 is 0 Å².